The van der Waals surface area contributed by atoms with Gasteiger partial charge in [0, 0.05) is 0 Å². The molecule has 9 heavy (non-hydrogen) atoms. The van der Waals surface area contributed by atoms with Crippen molar-refractivity contribution in [2.24, 2.45) is 0 Å². The van der Waals surface area contributed by atoms with Crippen LogP contribution in [-0.2, 0) is 29.6 Å². The van der Waals surface area contributed by atoms with Gasteiger partial charge in [-0.2, -0.15) is 21.6 Å². The number of hydrogen-bond acceptors (Lipinski definition) is 2. The van der Waals surface area contributed by atoms with Gasteiger partial charge in [-0.1, -0.05) is 0 Å². The zero-order chi connectivity index (χ0) is 7.00. The van der Waals surface area contributed by atoms with Crippen LogP contribution in [0, 0.1) is 0 Å². The molecule has 0 aliphatic heterocycles. The van der Waals surface area contributed by atoms with Crippen LogP contribution in [0.1, 0.15) is 0 Å². The van der Waals surface area contributed by atoms with Gasteiger partial charge >= 0.3 is 35.1 Å². The van der Waals surface area contributed by atoms with Crippen LogP contribution in [-0.4, -0.2) is 18.5 Å². The fourth-order valence-corrected chi connectivity index (χ4v) is 0. The molecule has 0 heterocycles. The van der Waals surface area contributed by atoms with Gasteiger partial charge in [0.05, 0.1) is 0 Å². The molecule has 0 aliphatic rings. The van der Waals surface area contributed by atoms with Crippen molar-refractivity contribution in [3.05, 3.63) is 0 Å². The molecule has 0 aromatic heterocycles. The zero-order valence-electron chi connectivity index (χ0n) is 4.01. The van der Waals surface area contributed by atoms with Gasteiger partial charge < -0.3 is 0 Å². The second-order valence-electron chi connectivity index (χ2n) is 0.921. The SMILES string of the molecule is O=S(=O)(O)C(F)(F)F.[Zn+2]. The van der Waals surface area contributed by atoms with E-state index >= 15 is 0 Å². The Morgan fingerprint density at radius 3 is 1.33 bits per heavy atom. The number of rotatable bonds is 0. The van der Waals surface area contributed by atoms with E-state index in [0.717, 1.165) is 0 Å². The minimum absolute atomic E-state index is 0. The number of alkyl halides is 3. The fraction of sp³-hybridized carbons (Fsp3) is 1.00. The molecule has 0 rings (SSSR count). The Kier molecular flexibility index (Phi) is 3.93. The first-order valence-corrected chi connectivity index (χ1v) is 2.73. The van der Waals surface area contributed by atoms with Crippen molar-refractivity contribution in [1.82, 2.24) is 0 Å². The van der Waals surface area contributed by atoms with Gasteiger partial charge in [0.25, 0.3) is 0 Å². The summed E-state index contributed by atoms with van der Waals surface area (Å²) in [6.07, 6.45) is 0. The Morgan fingerprint density at radius 1 is 1.22 bits per heavy atom. The second-order valence-corrected chi connectivity index (χ2v) is 2.33. The minimum atomic E-state index is -5.84. The zero-order valence-corrected chi connectivity index (χ0v) is 7.80. The maximum atomic E-state index is 10.7. The summed E-state index contributed by atoms with van der Waals surface area (Å²) in [5.41, 5.74) is -5.53. The van der Waals surface area contributed by atoms with Gasteiger partial charge in [-0.05, 0) is 0 Å². The van der Waals surface area contributed by atoms with Gasteiger partial charge in [0.15, 0.2) is 0 Å². The van der Waals surface area contributed by atoms with Crippen LogP contribution >= 0.6 is 0 Å². The topological polar surface area (TPSA) is 54.4 Å². The van der Waals surface area contributed by atoms with E-state index in [0.29, 0.717) is 0 Å². The Hall–Kier alpha value is 0.323. The smallest absolute Gasteiger partial charge is 0.279 e. The summed E-state index contributed by atoms with van der Waals surface area (Å²) in [6, 6.07) is 0. The third-order valence-corrected chi connectivity index (χ3v) is 0.877. The van der Waals surface area contributed by atoms with E-state index in [1.807, 2.05) is 0 Å². The molecule has 0 amide bonds. The van der Waals surface area contributed by atoms with E-state index in [1.165, 1.54) is 0 Å². The summed E-state index contributed by atoms with van der Waals surface area (Å²) in [4.78, 5) is 0. The Labute approximate surface area is 61.7 Å². The maximum Gasteiger partial charge on any atom is 2.00 e. The van der Waals surface area contributed by atoms with Crippen molar-refractivity contribution < 1.29 is 45.6 Å². The van der Waals surface area contributed by atoms with Crippen LogP contribution < -0.4 is 0 Å². The van der Waals surface area contributed by atoms with Crippen molar-refractivity contribution in [1.29, 1.82) is 0 Å². The van der Waals surface area contributed by atoms with Gasteiger partial charge in [-0.3, -0.25) is 4.55 Å². The number of halogens is 3. The summed E-state index contributed by atoms with van der Waals surface area (Å²) >= 11 is 0. The molecule has 0 aromatic rings. The van der Waals surface area contributed by atoms with Crippen molar-refractivity contribution in [3.8, 4) is 0 Å². The molecule has 8 heteroatoms. The first-order chi connectivity index (χ1) is 3.25. The molecule has 0 saturated heterocycles. The molecule has 0 aliphatic carbocycles. The Morgan fingerprint density at radius 2 is 1.33 bits per heavy atom. The van der Waals surface area contributed by atoms with Crippen molar-refractivity contribution in [2.75, 3.05) is 0 Å². The molecule has 1 N–H and O–H groups in total. The van der Waals surface area contributed by atoms with Crippen molar-refractivity contribution >= 4 is 10.1 Å². The Balaban J connectivity index is 0. The van der Waals surface area contributed by atoms with Crippen LogP contribution in [0.2, 0.25) is 0 Å². The first kappa shape index (κ1) is 12.0. The summed E-state index contributed by atoms with van der Waals surface area (Å²) in [5, 5.41) is 0. The monoisotopic (exact) mass is 214 g/mol. The average molecular weight is 215 g/mol. The molecular formula is CHF3O3SZn+2. The second kappa shape index (κ2) is 2.94. The summed E-state index contributed by atoms with van der Waals surface area (Å²) in [7, 11) is -5.84. The van der Waals surface area contributed by atoms with E-state index in [9.17, 15) is 13.2 Å². The normalized spacial score (nSPS) is 12.4. The van der Waals surface area contributed by atoms with Gasteiger partial charge in [0.1, 0.15) is 0 Å². The molecular weight excluding hydrogens is 214 g/mol. The van der Waals surface area contributed by atoms with Crippen LogP contribution in [0.25, 0.3) is 0 Å². The molecule has 0 bridgehead atoms. The van der Waals surface area contributed by atoms with E-state index in [1.54, 1.807) is 0 Å². The van der Waals surface area contributed by atoms with Crippen LogP contribution in [0.5, 0.6) is 0 Å². The third kappa shape index (κ3) is 3.83. The standard InChI is InChI=1S/CHF3O3S.Zn/c2-1(3,4)8(5,6)7;/h(H,5,6,7);/q;+2. The summed E-state index contributed by atoms with van der Waals surface area (Å²) in [5.74, 6) is 0. The molecule has 0 aromatic carbocycles. The molecule has 0 saturated carbocycles. The maximum absolute atomic E-state index is 10.7. The van der Waals surface area contributed by atoms with E-state index in [2.05, 4.69) is 0 Å². The molecule has 0 radical (unpaired) electrons. The molecule has 50 valence electrons. The van der Waals surface area contributed by atoms with Crippen molar-refractivity contribution in [3.63, 3.8) is 0 Å². The fourth-order valence-electron chi connectivity index (χ4n) is 0. The third-order valence-electron chi connectivity index (χ3n) is 0.292. The molecule has 0 fully saturated rings. The largest absolute Gasteiger partial charge is 2.00 e. The van der Waals surface area contributed by atoms with E-state index in [-0.39, 0.29) is 19.5 Å². The van der Waals surface area contributed by atoms with Gasteiger partial charge in [-0.25, -0.2) is 0 Å². The molecule has 0 spiro atoms. The quantitative estimate of drug-likeness (QED) is 0.361. The van der Waals surface area contributed by atoms with Gasteiger partial charge in [0.2, 0.25) is 0 Å². The van der Waals surface area contributed by atoms with E-state index in [4.69, 9.17) is 13.0 Å². The molecule has 3 nitrogen and oxygen atoms in total. The first-order valence-electron chi connectivity index (χ1n) is 1.29. The van der Waals surface area contributed by atoms with Gasteiger partial charge in [-0.15, -0.1) is 0 Å². The summed E-state index contributed by atoms with van der Waals surface area (Å²) < 4.78 is 57.5. The number of hydrogen-bond donors (Lipinski definition) is 1. The molecule has 0 unspecified atom stereocenters. The Bertz CT molecular complexity index is 168. The van der Waals surface area contributed by atoms with Crippen LogP contribution in [0.4, 0.5) is 13.2 Å². The molecule has 0 atom stereocenters. The van der Waals surface area contributed by atoms with E-state index < -0.39 is 15.6 Å². The van der Waals surface area contributed by atoms with Crippen LogP contribution in [0.15, 0.2) is 0 Å². The average Bonchev–Trinajstić information content (AvgIpc) is 1.25. The van der Waals surface area contributed by atoms with Crippen molar-refractivity contribution in [2.45, 2.75) is 5.51 Å². The van der Waals surface area contributed by atoms with Crippen LogP contribution in [0.3, 0.4) is 0 Å². The predicted molar refractivity (Wildman–Crippen MR) is 17.6 cm³/mol. The predicted octanol–water partition coefficient (Wildman–Crippen LogP) is 0.392. The minimum Gasteiger partial charge on any atom is -0.279 e. The summed E-state index contributed by atoms with van der Waals surface area (Å²) in [6.45, 7) is 0.